The van der Waals surface area contributed by atoms with Gasteiger partial charge in [-0.2, -0.15) is 0 Å². The van der Waals surface area contributed by atoms with Gasteiger partial charge in [0.05, 0.1) is 5.56 Å². The van der Waals surface area contributed by atoms with Crippen molar-refractivity contribution in [2.45, 2.75) is 6.92 Å². The lowest BCUT2D eigenvalue weighted by atomic mass is 10.2. The fourth-order valence-electron chi connectivity index (χ4n) is 1.51. The van der Waals surface area contributed by atoms with Crippen LogP contribution >= 0.6 is 31.9 Å². The fraction of sp³-hybridized carbons (Fsp3) is 0.0714. The second kappa shape index (κ2) is 5.67. The van der Waals surface area contributed by atoms with Gasteiger partial charge in [-0.3, -0.25) is 4.79 Å². The van der Waals surface area contributed by atoms with Crippen LogP contribution in [0.1, 0.15) is 15.9 Å². The topological polar surface area (TPSA) is 26.3 Å². The van der Waals surface area contributed by atoms with Crippen molar-refractivity contribution < 1.29 is 9.53 Å². The second-order valence-electron chi connectivity index (χ2n) is 3.81. The molecule has 0 N–H and O–H groups in total. The molecule has 0 unspecified atom stereocenters. The van der Waals surface area contributed by atoms with Crippen molar-refractivity contribution in [1.29, 1.82) is 0 Å². The third-order valence-corrected chi connectivity index (χ3v) is 3.46. The predicted molar refractivity (Wildman–Crippen MR) is 78.5 cm³/mol. The summed E-state index contributed by atoms with van der Waals surface area (Å²) in [7, 11) is 0. The lowest BCUT2D eigenvalue weighted by Crippen LogP contribution is -1.92. The number of ether oxygens (including phenoxy) is 1. The first kappa shape index (κ1) is 13.3. The molecule has 2 nitrogen and oxygen atoms in total. The first-order valence-corrected chi connectivity index (χ1v) is 6.87. The number of hydrogen-bond donors (Lipinski definition) is 0. The third kappa shape index (κ3) is 3.00. The first-order valence-electron chi connectivity index (χ1n) is 5.29. The van der Waals surface area contributed by atoms with Crippen molar-refractivity contribution >= 4 is 38.1 Å². The van der Waals surface area contributed by atoms with Crippen LogP contribution in [0, 0.1) is 6.92 Å². The molecule has 0 heterocycles. The summed E-state index contributed by atoms with van der Waals surface area (Å²) in [4.78, 5) is 11.0. The molecule has 2 aromatic carbocycles. The van der Waals surface area contributed by atoms with Crippen LogP contribution in [-0.4, -0.2) is 6.29 Å². The van der Waals surface area contributed by atoms with Crippen LogP contribution < -0.4 is 4.74 Å². The molecule has 0 aromatic heterocycles. The Hall–Kier alpha value is -1.13. The molecule has 92 valence electrons. The Bertz CT molecular complexity index is 594. The average Bonchev–Trinajstić information content (AvgIpc) is 2.36. The maximum absolute atomic E-state index is 11.0. The summed E-state index contributed by atoms with van der Waals surface area (Å²) in [6, 6.07) is 11.1. The molecular formula is C14H10Br2O2. The highest BCUT2D eigenvalue weighted by molar-refractivity contribution is 9.10. The summed E-state index contributed by atoms with van der Waals surface area (Å²) in [5.41, 5.74) is 1.53. The molecule has 18 heavy (non-hydrogen) atoms. The SMILES string of the molecule is Cc1ccc(Br)cc1Oc1ccc(Br)cc1C=O. The molecule has 0 radical (unpaired) electrons. The molecule has 0 fully saturated rings. The van der Waals surface area contributed by atoms with Gasteiger partial charge in [0.2, 0.25) is 0 Å². The minimum Gasteiger partial charge on any atom is -0.456 e. The number of carbonyl (C=O) groups is 1. The summed E-state index contributed by atoms with van der Waals surface area (Å²) in [6.07, 6.45) is 0.785. The van der Waals surface area contributed by atoms with Crippen molar-refractivity contribution in [1.82, 2.24) is 0 Å². The van der Waals surface area contributed by atoms with E-state index in [0.29, 0.717) is 11.3 Å². The fourth-order valence-corrected chi connectivity index (χ4v) is 2.23. The highest BCUT2D eigenvalue weighted by atomic mass is 79.9. The highest BCUT2D eigenvalue weighted by Crippen LogP contribution is 2.30. The Morgan fingerprint density at radius 2 is 1.67 bits per heavy atom. The van der Waals surface area contributed by atoms with E-state index in [2.05, 4.69) is 31.9 Å². The molecule has 0 aliphatic carbocycles. The van der Waals surface area contributed by atoms with Gasteiger partial charge in [-0.05, 0) is 42.8 Å². The van der Waals surface area contributed by atoms with Crippen LogP contribution in [-0.2, 0) is 0 Å². The van der Waals surface area contributed by atoms with Crippen LogP contribution in [0.15, 0.2) is 45.3 Å². The van der Waals surface area contributed by atoms with E-state index in [1.54, 1.807) is 12.1 Å². The smallest absolute Gasteiger partial charge is 0.153 e. The van der Waals surface area contributed by atoms with E-state index in [0.717, 1.165) is 26.5 Å². The van der Waals surface area contributed by atoms with Crippen molar-refractivity contribution in [3.63, 3.8) is 0 Å². The Labute approximate surface area is 122 Å². The second-order valence-corrected chi connectivity index (χ2v) is 5.64. The summed E-state index contributed by atoms with van der Waals surface area (Å²) >= 11 is 6.73. The van der Waals surface area contributed by atoms with Gasteiger partial charge >= 0.3 is 0 Å². The van der Waals surface area contributed by atoms with Crippen molar-refractivity contribution in [3.8, 4) is 11.5 Å². The van der Waals surface area contributed by atoms with E-state index in [9.17, 15) is 4.79 Å². The van der Waals surface area contributed by atoms with Crippen LogP contribution in [0.2, 0.25) is 0 Å². The number of rotatable bonds is 3. The Morgan fingerprint density at radius 1 is 1.00 bits per heavy atom. The molecule has 2 aromatic rings. The maximum atomic E-state index is 11.0. The number of aryl methyl sites for hydroxylation is 1. The Morgan fingerprint density at radius 3 is 2.39 bits per heavy atom. The van der Waals surface area contributed by atoms with Crippen LogP contribution in [0.3, 0.4) is 0 Å². The van der Waals surface area contributed by atoms with Gasteiger partial charge in [-0.25, -0.2) is 0 Å². The highest BCUT2D eigenvalue weighted by Gasteiger charge is 2.07. The predicted octanol–water partition coefficient (Wildman–Crippen LogP) is 5.12. The van der Waals surface area contributed by atoms with Crippen molar-refractivity contribution in [2.75, 3.05) is 0 Å². The molecule has 0 atom stereocenters. The van der Waals surface area contributed by atoms with Gasteiger partial charge < -0.3 is 4.74 Å². The van der Waals surface area contributed by atoms with E-state index in [1.807, 2.05) is 31.2 Å². The minimum atomic E-state index is 0.517. The largest absolute Gasteiger partial charge is 0.456 e. The van der Waals surface area contributed by atoms with E-state index in [4.69, 9.17) is 4.74 Å². The number of aldehydes is 1. The number of benzene rings is 2. The van der Waals surface area contributed by atoms with Gasteiger partial charge in [-0.1, -0.05) is 37.9 Å². The van der Waals surface area contributed by atoms with Gasteiger partial charge in [0.25, 0.3) is 0 Å². The summed E-state index contributed by atoms with van der Waals surface area (Å²) in [5.74, 6) is 1.28. The Balaban J connectivity index is 2.39. The molecule has 0 saturated heterocycles. The molecule has 0 saturated carbocycles. The zero-order chi connectivity index (χ0) is 13.1. The van der Waals surface area contributed by atoms with Crippen molar-refractivity contribution in [3.05, 3.63) is 56.5 Å². The number of hydrogen-bond acceptors (Lipinski definition) is 2. The molecule has 0 amide bonds. The van der Waals surface area contributed by atoms with Gasteiger partial charge in [0, 0.05) is 8.95 Å². The Kier molecular flexibility index (Phi) is 4.19. The van der Waals surface area contributed by atoms with E-state index >= 15 is 0 Å². The summed E-state index contributed by atoms with van der Waals surface area (Å²) in [5, 5.41) is 0. The van der Waals surface area contributed by atoms with Crippen LogP contribution in [0.4, 0.5) is 0 Å². The monoisotopic (exact) mass is 368 g/mol. The molecular weight excluding hydrogens is 360 g/mol. The quantitative estimate of drug-likeness (QED) is 0.701. The third-order valence-electron chi connectivity index (χ3n) is 2.47. The zero-order valence-electron chi connectivity index (χ0n) is 9.61. The van der Waals surface area contributed by atoms with E-state index in [1.165, 1.54) is 0 Å². The zero-order valence-corrected chi connectivity index (χ0v) is 12.8. The van der Waals surface area contributed by atoms with Gasteiger partial charge in [0.15, 0.2) is 6.29 Å². The lowest BCUT2D eigenvalue weighted by Gasteiger charge is -2.11. The molecule has 0 bridgehead atoms. The summed E-state index contributed by atoms with van der Waals surface area (Å²) in [6.45, 7) is 1.96. The van der Waals surface area contributed by atoms with E-state index in [-0.39, 0.29) is 0 Å². The van der Waals surface area contributed by atoms with Crippen LogP contribution in [0.25, 0.3) is 0 Å². The number of halogens is 2. The van der Waals surface area contributed by atoms with Gasteiger partial charge in [0.1, 0.15) is 11.5 Å². The summed E-state index contributed by atoms with van der Waals surface area (Å²) < 4.78 is 7.57. The molecule has 0 aliphatic heterocycles. The lowest BCUT2D eigenvalue weighted by molar-refractivity contribution is 0.112. The molecule has 2 rings (SSSR count). The molecule has 4 heteroatoms. The first-order chi connectivity index (χ1) is 8.60. The number of carbonyl (C=O) groups excluding carboxylic acids is 1. The van der Waals surface area contributed by atoms with Crippen LogP contribution in [0.5, 0.6) is 11.5 Å². The minimum absolute atomic E-state index is 0.517. The maximum Gasteiger partial charge on any atom is 0.153 e. The average molecular weight is 370 g/mol. The normalized spacial score (nSPS) is 10.2. The van der Waals surface area contributed by atoms with Crippen molar-refractivity contribution in [2.24, 2.45) is 0 Å². The molecule has 0 aliphatic rings. The molecule has 0 spiro atoms. The van der Waals surface area contributed by atoms with E-state index < -0.39 is 0 Å². The standard InChI is InChI=1S/C14H10Br2O2/c1-9-2-3-12(16)7-14(9)18-13-5-4-11(15)6-10(13)8-17/h2-8H,1H3. The van der Waals surface area contributed by atoms with Gasteiger partial charge in [-0.15, -0.1) is 0 Å².